The van der Waals surface area contributed by atoms with Crippen molar-refractivity contribution in [2.75, 3.05) is 5.32 Å². The zero-order chi connectivity index (χ0) is 25.4. The first kappa shape index (κ1) is 25.0. The first-order valence-electron chi connectivity index (χ1n) is 12.1. The molecule has 2 fully saturated rings. The molecule has 1 aliphatic heterocycles. The zero-order valence-corrected chi connectivity index (χ0v) is 22.6. The van der Waals surface area contributed by atoms with Crippen molar-refractivity contribution in [3.05, 3.63) is 79.6 Å². The van der Waals surface area contributed by atoms with Crippen molar-refractivity contribution in [2.45, 2.75) is 52.1 Å². The summed E-state index contributed by atoms with van der Waals surface area (Å²) in [5.41, 5.74) is 2.49. The van der Waals surface area contributed by atoms with Gasteiger partial charge in [0.05, 0.1) is 17.0 Å². The Labute approximate surface area is 224 Å². The molecular formula is C27H27ClN4O2S2. The number of nitrogens with zero attached hydrogens (tertiary/aromatic N) is 3. The van der Waals surface area contributed by atoms with E-state index in [0.29, 0.717) is 37.2 Å². The van der Waals surface area contributed by atoms with Crippen LogP contribution in [-0.4, -0.2) is 30.6 Å². The summed E-state index contributed by atoms with van der Waals surface area (Å²) in [6.45, 7) is 4.49. The predicted octanol–water partition coefficient (Wildman–Crippen LogP) is 6.05. The average Bonchev–Trinajstić information content (AvgIpc) is 3.12. The van der Waals surface area contributed by atoms with Crippen molar-refractivity contribution in [2.24, 2.45) is 5.92 Å². The highest BCUT2D eigenvalue weighted by Crippen LogP contribution is 2.35. The number of pyridine rings is 1. The second-order valence-electron chi connectivity index (χ2n) is 9.52. The van der Waals surface area contributed by atoms with E-state index in [9.17, 15) is 9.59 Å². The van der Waals surface area contributed by atoms with Gasteiger partial charge in [0.2, 0.25) is 0 Å². The van der Waals surface area contributed by atoms with E-state index in [2.05, 4.69) is 12.2 Å². The predicted molar refractivity (Wildman–Crippen MR) is 151 cm³/mol. The minimum absolute atomic E-state index is 0.216. The summed E-state index contributed by atoms with van der Waals surface area (Å²) in [4.78, 5) is 33.8. The third-order valence-electron chi connectivity index (χ3n) is 6.88. The molecule has 3 heterocycles. The molecule has 2 aromatic heterocycles. The Balaban J connectivity index is 1.53. The maximum Gasteiger partial charge on any atom is 0.267 e. The Morgan fingerprint density at radius 1 is 1.17 bits per heavy atom. The summed E-state index contributed by atoms with van der Waals surface area (Å²) < 4.78 is 1.98. The number of fused-ring (bicyclic) bond motifs is 1. The molecule has 1 aliphatic carbocycles. The Morgan fingerprint density at radius 3 is 2.67 bits per heavy atom. The number of nitrogens with one attached hydrogen (secondary N) is 1. The van der Waals surface area contributed by atoms with E-state index >= 15 is 0 Å². The van der Waals surface area contributed by atoms with Crippen LogP contribution in [-0.2, 0) is 11.3 Å². The molecule has 0 radical (unpaired) electrons. The molecular weight excluding hydrogens is 512 g/mol. The third-order valence-corrected chi connectivity index (χ3v) is 8.62. The smallest absolute Gasteiger partial charge is 0.267 e. The first-order chi connectivity index (χ1) is 17.3. The highest BCUT2D eigenvalue weighted by atomic mass is 35.5. The molecule has 1 saturated carbocycles. The molecule has 2 aliphatic rings. The van der Waals surface area contributed by atoms with E-state index in [1.807, 2.05) is 37.3 Å². The Hall–Kier alpha value is -2.68. The van der Waals surface area contributed by atoms with Crippen LogP contribution in [0.15, 0.2) is 52.3 Å². The van der Waals surface area contributed by atoms with Gasteiger partial charge in [0.15, 0.2) is 0 Å². The van der Waals surface area contributed by atoms with Crippen LogP contribution in [0, 0.1) is 12.8 Å². The topological polar surface area (TPSA) is 66.7 Å². The van der Waals surface area contributed by atoms with E-state index in [0.717, 1.165) is 36.8 Å². The van der Waals surface area contributed by atoms with Gasteiger partial charge in [-0.2, -0.15) is 0 Å². The van der Waals surface area contributed by atoms with E-state index < -0.39 is 0 Å². The van der Waals surface area contributed by atoms with Gasteiger partial charge in [-0.3, -0.25) is 18.9 Å². The molecule has 3 aromatic rings. The van der Waals surface area contributed by atoms with E-state index in [1.165, 1.54) is 16.7 Å². The fourth-order valence-corrected chi connectivity index (χ4v) is 6.15. The van der Waals surface area contributed by atoms with Crippen LogP contribution in [0.3, 0.4) is 0 Å². The van der Waals surface area contributed by atoms with Gasteiger partial charge in [0, 0.05) is 17.3 Å². The SMILES string of the molecule is Cc1cccn2c(=O)c(C=C3SC(=S)N(Cc4ccccc4Cl)C3=O)c(NC3CCC(C)CC3)nc12. The van der Waals surface area contributed by atoms with Crippen LogP contribution < -0.4 is 10.9 Å². The number of amides is 1. The third kappa shape index (κ3) is 4.94. The average molecular weight is 539 g/mol. The van der Waals surface area contributed by atoms with E-state index in [1.54, 1.807) is 22.7 Å². The van der Waals surface area contributed by atoms with Crippen LogP contribution in [0.4, 0.5) is 5.82 Å². The lowest BCUT2D eigenvalue weighted by atomic mass is 9.87. The maximum atomic E-state index is 13.6. The maximum absolute atomic E-state index is 13.6. The van der Waals surface area contributed by atoms with Crippen LogP contribution >= 0.6 is 35.6 Å². The molecule has 186 valence electrons. The molecule has 36 heavy (non-hydrogen) atoms. The van der Waals surface area contributed by atoms with Crippen LogP contribution in [0.1, 0.15) is 49.3 Å². The fraction of sp³-hybridized carbons (Fsp3) is 0.333. The number of hydrogen-bond donors (Lipinski definition) is 1. The number of hydrogen-bond acceptors (Lipinski definition) is 6. The lowest BCUT2D eigenvalue weighted by Gasteiger charge is -2.28. The summed E-state index contributed by atoms with van der Waals surface area (Å²) in [6, 6.07) is 11.4. The number of rotatable bonds is 5. The molecule has 9 heteroatoms. The van der Waals surface area contributed by atoms with Gasteiger partial charge in [-0.1, -0.05) is 66.8 Å². The van der Waals surface area contributed by atoms with Crippen molar-refractivity contribution < 1.29 is 4.79 Å². The van der Waals surface area contributed by atoms with Crippen LogP contribution in [0.25, 0.3) is 11.7 Å². The lowest BCUT2D eigenvalue weighted by molar-refractivity contribution is -0.122. The summed E-state index contributed by atoms with van der Waals surface area (Å²) in [5, 5.41) is 4.12. The van der Waals surface area contributed by atoms with Gasteiger partial charge in [-0.05, 0) is 67.9 Å². The molecule has 0 bridgehead atoms. The molecule has 1 N–H and O–H groups in total. The summed E-state index contributed by atoms with van der Waals surface area (Å²) in [6.07, 6.45) is 7.68. The minimum Gasteiger partial charge on any atom is -0.367 e. The van der Waals surface area contributed by atoms with Gasteiger partial charge < -0.3 is 5.32 Å². The standard InChI is InChI=1S/C27H27ClN4O2S2/c1-16-9-11-19(12-10-16)29-23-20(25(33)31-13-5-6-17(2)24(31)30-23)14-22-26(34)32(27(35)36-22)15-18-7-3-4-8-21(18)28/h3-8,13-14,16,19,29H,9-12,15H2,1-2H3. The van der Waals surface area contributed by atoms with E-state index in [-0.39, 0.29) is 24.1 Å². The monoisotopic (exact) mass is 538 g/mol. The van der Waals surface area contributed by atoms with Crippen molar-refractivity contribution >= 4 is 63.3 Å². The molecule has 6 nitrogen and oxygen atoms in total. The second kappa shape index (κ2) is 10.4. The molecule has 1 saturated heterocycles. The number of thiocarbonyl (C=S) groups is 1. The summed E-state index contributed by atoms with van der Waals surface area (Å²) in [7, 11) is 0. The second-order valence-corrected chi connectivity index (χ2v) is 11.6. The van der Waals surface area contributed by atoms with Crippen molar-refractivity contribution in [3.8, 4) is 0 Å². The molecule has 1 aromatic carbocycles. The molecule has 0 atom stereocenters. The Kier molecular flexibility index (Phi) is 7.19. The number of carbonyl (C=O) groups is 1. The number of thioether (sulfide) groups is 1. The van der Waals surface area contributed by atoms with Crippen molar-refractivity contribution in [3.63, 3.8) is 0 Å². The van der Waals surface area contributed by atoms with Gasteiger partial charge >= 0.3 is 0 Å². The van der Waals surface area contributed by atoms with Crippen LogP contribution in [0.2, 0.25) is 5.02 Å². The van der Waals surface area contributed by atoms with Gasteiger partial charge in [0.1, 0.15) is 15.8 Å². The Morgan fingerprint density at radius 2 is 1.92 bits per heavy atom. The number of aryl methyl sites for hydroxylation is 1. The minimum atomic E-state index is -0.240. The highest BCUT2D eigenvalue weighted by molar-refractivity contribution is 8.26. The van der Waals surface area contributed by atoms with E-state index in [4.69, 9.17) is 28.8 Å². The summed E-state index contributed by atoms with van der Waals surface area (Å²) in [5.74, 6) is 0.987. The van der Waals surface area contributed by atoms with Gasteiger partial charge in [-0.15, -0.1) is 0 Å². The fourth-order valence-electron chi connectivity index (χ4n) is 4.71. The molecule has 0 spiro atoms. The first-order valence-corrected chi connectivity index (χ1v) is 13.7. The van der Waals surface area contributed by atoms with Crippen LogP contribution in [0.5, 0.6) is 0 Å². The lowest BCUT2D eigenvalue weighted by Crippen LogP contribution is -2.29. The van der Waals surface area contributed by atoms with Crippen molar-refractivity contribution in [1.82, 2.24) is 14.3 Å². The number of anilines is 1. The Bertz CT molecular complexity index is 1440. The zero-order valence-electron chi connectivity index (χ0n) is 20.2. The molecule has 1 amide bonds. The molecule has 0 unspecified atom stereocenters. The summed E-state index contributed by atoms with van der Waals surface area (Å²) >= 11 is 13.0. The van der Waals surface area contributed by atoms with Crippen molar-refractivity contribution in [1.29, 1.82) is 0 Å². The number of halogens is 1. The number of carbonyl (C=O) groups excluding carboxylic acids is 1. The quantitative estimate of drug-likeness (QED) is 0.315. The van der Waals surface area contributed by atoms with Gasteiger partial charge in [0.25, 0.3) is 11.5 Å². The largest absolute Gasteiger partial charge is 0.367 e. The normalized spacial score (nSPS) is 21.5. The highest BCUT2D eigenvalue weighted by Gasteiger charge is 2.33. The number of aromatic nitrogens is 2. The number of benzene rings is 1. The molecule has 5 rings (SSSR count). The van der Waals surface area contributed by atoms with Gasteiger partial charge in [-0.25, -0.2) is 4.98 Å².